The van der Waals surface area contributed by atoms with E-state index in [4.69, 9.17) is 4.74 Å². The molecule has 0 bridgehead atoms. The third-order valence-corrected chi connectivity index (χ3v) is 7.99. The highest BCUT2D eigenvalue weighted by Gasteiger charge is 2.71. The van der Waals surface area contributed by atoms with Crippen molar-refractivity contribution in [1.82, 2.24) is 9.29 Å². The van der Waals surface area contributed by atoms with E-state index in [0.717, 1.165) is 16.4 Å². The Morgan fingerprint density at radius 1 is 0.952 bits per heavy atom. The molecule has 1 saturated heterocycles. The van der Waals surface area contributed by atoms with Crippen LogP contribution < -0.4 is 10.2 Å². The monoisotopic (exact) mass is 622 g/mol. The molecule has 0 atom stereocenters. The molecule has 42 heavy (non-hydrogen) atoms. The molecule has 16 heteroatoms. The highest BCUT2D eigenvalue weighted by Crippen LogP contribution is 2.50. The second kappa shape index (κ2) is 11.6. The number of halogens is 6. The van der Waals surface area contributed by atoms with Gasteiger partial charge in [0.25, 0.3) is 5.60 Å². The average molecular weight is 623 g/mol. The zero-order valence-corrected chi connectivity index (χ0v) is 23.7. The van der Waals surface area contributed by atoms with Gasteiger partial charge >= 0.3 is 18.4 Å². The molecule has 0 spiro atoms. The van der Waals surface area contributed by atoms with Gasteiger partial charge in [0.1, 0.15) is 22.0 Å². The maximum atomic E-state index is 13.4. The van der Waals surface area contributed by atoms with E-state index >= 15 is 0 Å². The number of benzene rings is 1. The van der Waals surface area contributed by atoms with Crippen LogP contribution in [0.15, 0.2) is 41.3 Å². The van der Waals surface area contributed by atoms with Gasteiger partial charge in [-0.25, -0.2) is 18.2 Å². The first-order valence-corrected chi connectivity index (χ1v) is 13.8. The summed E-state index contributed by atoms with van der Waals surface area (Å²) in [4.78, 5) is 17.6. The van der Waals surface area contributed by atoms with Crippen molar-refractivity contribution < 1.29 is 49.4 Å². The van der Waals surface area contributed by atoms with Crippen molar-refractivity contribution in [3.05, 3.63) is 47.7 Å². The summed E-state index contributed by atoms with van der Waals surface area (Å²) >= 11 is 0. The fourth-order valence-corrected chi connectivity index (χ4v) is 5.57. The van der Waals surface area contributed by atoms with Crippen LogP contribution in [-0.2, 0) is 20.4 Å². The number of amides is 1. The molecule has 9 nitrogen and oxygen atoms in total. The van der Waals surface area contributed by atoms with Gasteiger partial charge in [-0.2, -0.15) is 30.6 Å². The number of hydrogen-bond donors (Lipinski definition) is 2. The molecule has 3 rings (SSSR count). The van der Waals surface area contributed by atoms with Crippen LogP contribution in [0.5, 0.6) is 0 Å². The maximum absolute atomic E-state index is 13.4. The van der Waals surface area contributed by atoms with E-state index < -0.39 is 45.2 Å². The summed E-state index contributed by atoms with van der Waals surface area (Å²) in [7, 11) is -4.14. The van der Waals surface area contributed by atoms with Crippen LogP contribution in [-0.4, -0.2) is 73.0 Å². The van der Waals surface area contributed by atoms with Crippen molar-refractivity contribution in [2.75, 3.05) is 36.4 Å². The lowest BCUT2D eigenvalue weighted by molar-refractivity contribution is -0.376. The molecule has 0 aliphatic carbocycles. The number of pyridine rings is 1. The second-order valence-electron chi connectivity index (χ2n) is 10.2. The number of aliphatic hydroxyl groups is 1. The molecule has 2 heterocycles. The first-order chi connectivity index (χ1) is 19.2. The van der Waals surface area contributed by atoms with Gasteiger partial charge in [0.15, 0.2) is 0 Å². The molecule has 0 radical (unpaired) electrons. The number of nitrogens with zero attached hydrogens (tertiary/aromatic N) is 3. The van der Waals surface area contributed by atoms with Crippen LogP contribution in [0.1, 0.15) is 39.0 Å². The molecular formula is C26H28F6N4O5S. The van der Waals surface area contributed by atoms with E-state index in [1.165, 1.54) is 19.1 Å². The molecule has 1 aliphatic heterocycles. The van der Waals surface area contributed by atoms with Crippen molar-refractivity contribution in [1.29, 1.82) is 0 Å². The van der Waals surface area contributed by atoms with Gasteiger partial charge in [0, 0.05) is 37.4 Å². The van der Waals surface area contributed by atoms with E-state index in [2.05, 4.69) is 22.1 Å². The van der Waals surface area contributed by atoms with Crippen molar-refractivity contribution in [2.24, 2.45) is 0 Å². The Labute approximate surface area is 238 Å². The summed E-state index contributed by atoms with van der Waals surface area (Å²) in [5.41, 5.74) is -7.10. The van der Waals surface area contributed by atoms with E-state index in [9.17, 15) is 44.7 Å². The lowest BCUT2D eigenvalue weighted by Gasteiger charge is -2.36. The fraction of sp³-hybridized carbons (Fsp3) is 0.462. The minimum Gasteiger partial charge on any atom is -0.444 e. The minimum absolute atomic E-state index is 0.0113. The van der Waals surface area contributed by atoms with Crippen molar-refractivity contribution >= 4 is 27.6 Å². The maximum Gasteiger partial charge on any atom is 0.430 e. The summed E-state index contributed by atoms with van der Waals surface area (Å²) in [6.07, 6.45) is -12.8. The minimum atomic E-state index is -6.01. The van der Waals surface area contributed by atoms with Crippen LogP contribution in [0.3, 0.4) is 0 Å². The van der Waals surface area contributed by atoms with E-state index in [0.29, 0.717) is 12.1 Å². The first-order valence-electron chi connectivity index (χ1n) is 12.4. The number of carbonyl (C=O) groups is 1. The van der Waals surface area contributed by atoms with Crippen LogP contribution in [0.4, 0.5) is 42.6 Å². The number of aromatic nitrogens is 1. The van der Waals surface area contributed by atoms with Crippen LogP contribution in [0.2, 0.25) is 0 Å². The SMILES string of the molecule is CC#Cc1nc(NC(=O)OC(C)(C)C)ccc1S(=O)(=O)N1CCN(c2ccc(C(O)(C(F)(F)F)C(F)(F)F)cc2)CC1. The normalized spacial score (nSPS) is 15.5. The number of nitrogens with one attached hydrogen (secondary N) is 1. The number of rotatable bonds is 5. The molecule has 1 fully saturated rings. The van der Waals surface area contributed by atoms with Gasteiger partial charge in [0.05, 0.1) is 0 Å². The zero-order valence-electron chi connectivity index (χ0n) is 22.9. The Morgan fingerprint density at radius 2 is 1.50 bits per heavy atom. The number of piperazine rings is 1. The molecule has 2 aromatic rings. The smallest absolute Gasteiger partial charge is 0.430 e. The summed E-state index contributed by atoms with van der Waals surface area (Å²) < 4.78 is 112. The molecule has 1 aromatic heterocycles. The Balaban J connectivity index is 1.77. The third-order valence-electron chi connectivity index (χ3n) is 6.06. The average Bonchev–Trinajstić information content (AvgIpc) is 2.86. The Bertz CT molecular complexity index is 1450. The third kappa shape index (κ3) is 6.90. The summed E-state index contributed by atoms with van der Waals surface area (Å²) in [5.74, 6) is 5.19. The van der Waals surface area contributed by atoms with Gasteiger partial charge in [-0.3, -0.25) is 5.32 Å². The number of sulfonamides is 1. The predicted octanol–water partition coefficient (Wildman–Crippen LogP) is 4.62. The predicted molar refractivity (Wildman–Crippen MR) is 140 cm³/mol. The summed E-state index contributed by atoms with van der Waals surface area (Å²) in [6.45, 7) is 6.44. The van der Waals surface area contributed by atoms with Crippen molar-refractivity contribution in [2.45, 2.75) is 56.1 Å². The Hall–Kier alpha value is -3.55. The largest absolute Gasteiger partial charge is 0.444 e. The van der Waals surface area contributed by atoms with E-state index in [1.807, 2.05) is 0 Å². The van der Waals surface area contributed by atoms with Gasteiger partial charge in [0.2, 0.25) is 10.0 Å². The van der Waals surface area contributed by atoms with Crippen molar-refractivity contribution in [3.8, 4) is 11.8 Å². The molecule has 0 unspecified atom stereocenters. The Morgan fingerprint density at radius 3 is 1.98 bits per heavy atom. The number of ether oxygens (including phenoxy) is 1. The molecular weight excluding hydrogens is 594 g/mol. The number of anilines is 2. The van der Waals surface area contributed by atoms with Gasteiger partial charge in [-0.1, -0.05) is 18.1 Å². The van der Waals surface area contributed by atoms with Gasteiger partial charge < -0.3 is 14.7 Å². The molecule has 2 N–H and O–H groups in total. The quantitative estimate of drug-likeness (QED) is 0.370. The first kappa shape index (κ1) is 33.0. The fourth-order valence-electron chi connectivity index (χ4n) is 4.07. The molecule has 1 aliphatic rings. The number of alkyl halides is 6. The van der Waals surface area contributed by atoms with Gasteiger partial charge in [-0.05, 0) is 57.9 Å². The van der Waals surface area contributed by atoms with Crippen LogP contribution in [0, 0.1) is 11.8 Å². The highest BCUT2D eigenvalue weighted by atomic mass is 32.2. The van der Waals surface area contributed by atoms with Crippen LogP contribution >= 0.6 is 0 Å². The number of carbonyl (C=O) groups excluding carboxylic acids is 1. The molecule has 230 valence electrons. The molecule has 0 saturated carbocycles. The van der Waals surface area contributed by atoms with Crippen molar-refractivity contribution in [3.63, 3.8) is 0 Å². The summed E-state index contributed by atoms with van der Waals surface area (Å²) in [6, 6.07) is 5.58. The van der Waals surface area contributed by atoms with Gasteiger partial charge in [-0.15, -0.1) is 0 Å². The highest BCUT2D eigenvalue weighted by molar-refractivity contribution is 7.89. The van der Waals surface area contributed by atoms with Crippen LogP contribution in [0.25, 0.3) is 0 Å². The lowest BCUT2D eigenvalue weighted by Crippen LogP contribution is -2.54. The standard InChI is InChI=1S/C26H28F6N4O5S/c1-5-6-19-20(11-12-21(33-19)34-22(37)41-23(2,3)4)42(39,40)36-15-13-35(14-16-36)18-9-7-17(8-10-18)24(38,25(27,28)29)26(30,31)32/h7-12,38H,13-16H2,1-4H3,(H,33,34,37). The zero-order chi connectivity index (χ0) is 31.7. The summed E-state index contributed by atoms with van der Waals surface area (Å²) in [5, 5.41) is 12.0. The van der Waals surface area contributed by atoms with E-state index in [1.54, 1.807) is 25.7 Å². The topological polar surface area (TPSA) is 112 Å². The lowest BCUT2D eigenvalue weighted by atomic mass is 9.92. The molecule has 1 aromatic carbocycles. The number of hydrogen-bond acceptors (Lipinski definition) is 7. The Kier molecular flexibility index (Phi) is 9.11. The second-order valence-corrected chi connectivity index (χ2v) is 12.1. The molecule has 1 amide bonds. The van der Waals surface area contributed by atoms with E-state index in [-0.39, 0.29) is 48.3 Å².